The van der Waals surface area contributed by atoms with Crippen molar-refractivity contribution in [3.05, 3.63) is 69.1 Å². The van der Waals surface area contributed by atoms with Gasteiger partial charge in [0.25, 0.3) is 5.91 Å². The number of alkyl halides is 3. The molecule has 136 valence electrons. The standard InChI is InChI=1S/C17H13ClF3N3OS/c18-11-3-1-4-12(9-11)24-15(17(19,20)21)14(10-23-24)16(25)22-7-6-13-5-2-8-26-13/h1-5,8-10H,6-7H2,(H,22,25). The third kappa shape index (κ3) is 4.08. The number of thiophene rings is 1. The van der Waals surface area contributed by atoms with E-state index in [1.54, 1.807) is 6.07 Å². The molecule has 2 heterocycles. The van der Waals surface area contributed by atoms with Crippen LogP contribution < -0.4 is 5.32 Å². The molecule has 4 nitrogen and oxygen atoms in total. The molecule has 3 rings (SSSR count). The second-order valence-electron chi connectivity index (χ2n) is 5.38. The molecule has 0 unspecified atom stereocenters. The van der Waals surface area contributed by atoms with Crippen molar-refractivity contribution >= 4 is 28.8 Å². The maximum atomic E-state index is 13.6. The van der Waals surface area contributed by atoms with Gasteiger partial charge in [-0.25, -0.2) is 4.68 Å². The van der Waals surface area contributed by atoms with Gasteiger partial charge in [-0.15, -0.1) is 11.3 Å². The Morgan fingerprint density at radius 3 is 2.73 bits per heavy atom. The summed E-state index contributed by atoms with van der Waals surface area (Å²) in [4.78, 5) is 13.3. The molecule has 1 amide bonds. The van der Waals surface area contributed by atoms with E-state index in [0.717, 1.165) is 11.1 Å². The van der Waals surface area contributed by atoms with Crippen LogP contribution in [0.4, 0.5) is 13.2 Å². The molecule has 0 aliphatic rings. The summed E-state index contributed by atoms with van der Waals surface area (Å²) in [5, 5.41) is 8.43. The SMILES string of the molecule is O=C(NCCc1cccs1)c1cnn(-c2cccc(Cl)c2)c1C(F)(F)F. The number of nitrogens with one attached hydrogen (secondary N) is 1. The molecule has 2 aromatic heterocycles. The largest absolute Gasteiger partial charge is 0.434 e. The van der Waals surface area contributed by atoms with Crippen LogP contribution in [0.2, 0.25) is 5.02 Å². The lowest BCUT2D eigenvalue weighted by atomic mass is 10.2. The summed E-state index contributed by atoms with van der Waals surface area (Å²) in [5.74, 6) is -0.817. The van der Waals surface area contributed by atoms with E-state index >= 15 is 0 Å². The molecular formula is C17H13ClF3N3OS. The minimum atomic E-state index is -4.75. The molecule has 0 spiro atoms. The van der Waals surface area contributed by atoms with Gasteiger partial charge in [-0.05, 0) is 36.1 Å². The van der Waals surface area contributed by atoms with E-state index in [4.69, 9.17) is 11.6 Å². The van der Waals surface area contributed by atoms with Crippen molar-refractivity contribution in [2.24, 2.45) is 0 Å². The second-order valence-corrected chi connectivity index (χ2v) is 6.85. The molecule has 0 atom stereocenters. The highest BCUT2D eigenvalue weighted by Crippen LogP contribution is 2.34. The van der Waals surface area contributed by atoms with Crippen molar-refractivity contribution in [2.45, 2.75) is 12.6 Å². The molecule has 0 bridgehead atoms. The Morgan fingerprint density at radius 1 is 1.27 bits per heavy atom. The van der Waals surface area contributed by atoms with Crippen LogP contribution in [0.1, 0.15) is 20.9 Å². The fraction of sp³-hybridized carbons (Fsp3) is 0.176. The summed E-state index contributed by atoms with van der Waals surface area (Å²) in [7, 11) is 0. The van der Waals surface area contributed by atoms with E-state index in [-0.39, 0.29) is 17.3 Å². The number of carbonyl (C=O) groups is 1. The predicted molar refractivity (Wildman–Crippen MR) is 93.9 cm³/mol. The molecule has 0 saturated carbocycles. The summed E-state index contributed by atoms with van der Waals surface area (Å²) in [5.41, 5.74) is -1.53. The van der Waals surface area contributed by atoms with E-state index in [2.05, 4.69) is 10.4 Å². The number of carbonyl (C=O) groups excluding carboxylic acids is 1. The summed E-state index contributed by atoms with van der Waals surface area (Å²) in [6, 6.07) is 9.61. The van der Waals surface area contributed by atoms with Gasteiger partial charge in [-0.1, -0.05) is 23.7 Å². The molecule has 26 heavy (non-hydrogen) atoms. The fourth-order valence-corrected chi connectivity index (χ4v) is 3.33. The highest BCUT2D eigenvalue weighted by Gasteiger charge is 2.40. The van der Waals surface area contributed by atoms with Crippen LogP contribution in [0, 0.1) is 0 Å². The maximum Gasteiger partial charge on any atom is 0.434 e. The Labute approximate surface area is 156 Å². The van der Waals surface area contributed by atoms with Crippen molar-refractivity contribution in [1.29, 1.82) is 0 Å². The molecule has 0 aliphatic heterocycles. The van der Waals surface area contributed by atoms with Crippen LogP contribution in [0.3, 0.4) is 0 Å². The smallest absolute Gasteiger partial charge is 0.352 e. The lowest BCUT2D eigenvalue weighted by molar-refractivity contribution is -0.143. The Kier molecular flexibility index (Phi) is 5.33. The third-order valence-corrected chi connectivity index (χ3v) is 4.74. The van der Waals surface area contributed by atoms with Crippen molar-refractivity contribution < 1.29 is 18.0 Å². The monoisotopic (exact) mass is 399 g/mol. The Bertz CT molecular complexity index is 906. The van der Waals surface area contributed by atoms with E-state index in [1.165, 1.54) is 29.5 Å². The topological polar surface area (TPSA) is 46.9 Å². The Hall–Kier alpha value is -2.32. The van der Waals surface area contributed by atoms with Crippen molar-refractivity contribution in [1.82, 2.24) is 15.1 Å². The van der Waals surface area contributed by atoms with E-state index < -0.39 is 23.3 Å². The van der Waals surface area contributed by atoms with Gasteiger partial charge in [-0.3, -0.25) is 4.79 Å². The van der Waals surface area contributed by atoms with Crippen LogP contribution in [0.15, 0.2) is 48.0 Å². The molecule has 0 aliphatic carbocycles. The van der Waals surface area contributed by atoms with Crippen LogP contribution >= 0.6 is 22.9 Å². The van der Waals surface area contributed by atoms with E-state index in [0.29, 0.717) is 11.1 Å². The van der Waals surface area contributed by atoms with Crippen LogP contribution in [0.5, 0.6) is 0 Å². The molecule has 3 aromatic rings. The van der Waals surface area contributed by atoms with Crippen LogP contribution in [-0.2, 0) is 12.6 Å². The lowest BCUT2D eigenvalue weighted by Gasteiger charge is -2.13. The first-order chi connectivity index (χ1) is 12.4. The van der Waals surface area contributed by atoms with Gasteiger partial charge in [0.2, 0.25) is 0 Å². The molecular weight excluding hydrogens is 387 g/mol. The average Bonchev–Trinajstić information content (AvgIpc) is 3.23. The summed E-state index contributed by atoms with van der Waals surface area (Å²) in [6.07, 6.45) is -3.28. The molecule has 9 heteroatoms. The molecule has 1 aromatic carbocycles. The first-order valence-corrected chi connectivity index (χ1v) is 8.84. The van der Waals surface area contributed by atoms with E-state index in [9.17, 15) is 18.0 Å². The van der Waals surface area contributed by atoms with Gasteiger partial charge in [0.1, 0.15) is 0 Å². The van der Waals surface area contributed by atoms with Crippen molar-refractivity contribution in [2.75, 3.05) is 6.54 Å². The number of amides is 1. The number of rotatable bonds is 5. The summed E-state index contributed by atoms with van der Waals surface area (Å²) < 4.78 is 41.4. The fourth-order valence-electron chi connectivity index (χ4n) is 2.44. The number of halogens is 4. The zero-order valence-electron chi connectivity index (χ0n) is 13.3. The minimum absolute atomic E-state index is 0.127. The van der Waals surface area contributed by atoms with Gasteiger partial charge in [0, 0.05) is 16.4 Å². The highest BCUT2D eigenvalue weighted by molar-refractivity contribution is 7.09. The van der Waals surface area contributed by atoms with Crippen molar-refractivity contribution in [3.63, 3.8) is 0 Å². The quantitative estimate of drug-likeness (QED) is 0.682. The molecule has 0 saturated heterocycles. The normalized spacial score (nSPS) is 11.5. The lowest BCUT2D eigenvalue weighted by Crippen LogP contribution is -2.28. The van der Waals surface area contributed by atoms with Crippen LogP contribution in [-0.4, -0.2) is 22.2 Å². The van der Waals surface area contributed by atoms with Gasteiger partial charge in [0.15, 0.2) is 5.69 Å². The summed E-state index contributed by atoms with van der Waals surface area (Å²) >= 11 is 7.37. The van der Waals surface area contributed by atoms with Gasteiger partial charge < -0.3 is 5.32 Å². The van der Waals surface area contributed by atoms with Crippen LogP contribution in [0.25, 0.3) is 5.69 Å². The zero-order valence-corrected chi connectivity index (χ0v) is 14.8. The number of aromatic nitrogens is 2. The predicted octanol–water partition coefficient (Wildman–Crippen LogP) is 4.58. The van der Waals surface area contributed by atoms with Gasteiger partial charge in [0.05, 0.1) is 17.4 Å². The first kappa shape index (κ1) is 18.5. The number of nitrogens with zero attached hydrogens (tertiary/aromatic N) is 2. The molecule has 0 fully saturated rings. The Morgan fingerprint density at radius 2 is 2.08 bits per heavy atom. The van der Waals surface area contributed by atoms with E-state index in [1.807, 2.05) is 17.5 Å². The average molecular weight is 400 g/mol. The zero-order chi connectivity index (χ0) is 18.7. The summed E-state index contributed by atoms with van der Waals surface area (Å²) in [6.45, 7) is 0.235. The number of hydrogen-bond acceptors (Lipinski definition) is 3. The minimum Gasteiger partial charge on any atom is -0.352 e. The van der Waals surface area contributed by atoms with Gasteiger partial charge in [-0.2, -0.15) is 18.3 Å². The Balaban J connectivity index is 1.86. The highest BCUT2D eigenvalue weighted by atomic mass is 35.5. The number of hydrogen-bond donors (Lipinski definition) is 1. The third-order valence-electron chi connectivity index (χ3n) is 3.57. The van der Waals surface area contributed by atoms with Crippen molar-refractivity contribution in [3.8, 4) is 5.69 Å². The maximum absolute atomic E-state index is 13.6. The second kappa shape index (κ2) is 7.51. The molecule has 1 N–H and O–H groups in total. The first-order valence-electron chi connectivity index (χ1n) is 7.58. The van der Waals surface area contributed by atoms with Gasteiger partial charge >= 0.3 is 6.18 Å². The molecule has 0 radical (unpaired) electrons. The number of benzene rings is 1.